The summed E-state index contributed by atoms with van der Waals surface area (Å²) < 4.78 is 2.11. The van der Waals surface area contributed by atoms with E-state index in [2.05, 4.69) is 10.6 Å². The summed E-state index contributed by atoms with van der Waals surface area (Å²) in [6.07, 6.45) is 14.2. The summed E-state index contributed by atoms with van der Waals surface area (Å²) in [4.78, 5) is 16.7. The topological polar surface area (TPSA) is 201 Å². The molecule has 29 heavy (non-hydrogen) atoms. The number of allylic oxidation sites excluding steroid dienone is 2. The van der Waals surface area contributed by atoms with Crippen LogP contribution in [-0.4, -0.2) is 85.6 Å². The van der Waals surface area contributed by atoms with E-state index in [0.717, 1.165) is 22.4 Å². The fourth-order valence-electron chi connectivity index (χ4n) is 1.92. The van der Waals surface area contributed by atoms with Crippen LogP contribution in [-0.2, 0) is 17.1 Å². The predicted molar refractivity (Wildman–Crippen MR) is 96.9 cm³/mol. The van der Waals surface area contributed by atoms with Gasteiger partial charge in [-0.05, 0) is 15.5 Å². The van der Waals surface area contributed by atoms with Crippen LogP contribution in [0.25, 0.3) is 10.6 Å². The molecule has 2 aliphatic heterocycles. The van der Waals surface area contributed by atoms with Gasteiger partial charge in [0, 0.05) is 0 Å². The maximum atomic E-state index is 8.82. The van der Waals surface area contributed by atoms with Crippen molar-refractivity contribution in [2.45, 2.75) is 31.3 Å². The minimum absolute atomic E-state index is 0. The van der Waals surface area contributed by atoms with Crippen molar-refractivity contribution in [3.05, 3.63) is 55.3 Å². The van der Waals surface area contributed by atoms with Crippen LogP contribution in [0.5, 0.6) is 0 Å². The molecule has 0 aromatic heterocycles. The molecule has 1 radical (unpaired) electrons. The monoisotopic (exact) mass is 469 g/mol. The first kappa shape index (κ1) is 30.8. The zero-order valence-corrected chi connectivity index (χ0v) is 16.8. The van der Waals surface area contributed by atoms with Crippen molar-refractivity contribution in [3.63, 3.8) is 0 Å². The van der Waals surface area contributed by atoms with E-state index in [4.69, 9.17) is 41.1 Å². The van der Waals surface area contributed by atoms with Crippen LogP contribution < -0.4 is 0 Å². The molecule has 14 nitrogen and oxygen atoms in total. The van der Waals surface area contributed by atoms with Crippen molar-refractivity contribution in [3.8, 4) is 0 Å². The Morgan fingerprint density at radius 1 is 0.966 bits per heavy atom. The molecule has 15 heteroatoms. The molecule has 2 rings (SSSR count). The van der Waals surface area contributed by atoms with E-state index in [1.807, 2.05) is 18.2 Å². The molecule has 2 atom stereocenters. The van der Waals surface area contributed by atoms with Gasteiger partial charge >= 0.3 is 17.1 Å². The fourth-order valence-corrected chi connectivity index (χ4v) is 1.92. The molecule has 0 saturated carbocycles. The summed E-state index contributed by atoms with van der Waals surface area (Å²) in [5.41, 5.74) is 0. The van der Waals surface area contributed by atoms with Crippen molar-refractivity contribution >= 4 is 12.4 Å². The van der Waals surface area contributed by atoms with Gasteiger partial charge in [0.25, 0.3) is 10.2 Å². The van der Waals surface area contributed by atoms with Crippen molar-refractivity contribution in [2.24, 2.45) is 0 Å². The molecule has 0 aliphatic carbocycles. The summed E-state index contributed by atoms with van der Waals surface area (Å²) in [5, 5.41) is 53.2. The van der Waals surface area contributed by atoms with Crippen LogP contribution in [0.1, 0.15) is 19.3 Å². The number of piperidine rings is 1. The number of rotatable bonds is 2. The van der Waals surface area contributed by atoms with Gasteiger partial charge in [-0.15, -0.1) is 26.8 Å². The van der Waals surface area contributed by atoms with Gasteiger partial charge < -0.3 is 21.0 Å². The van der Waals surface area contributed by atoms with E-state index in [0.29, 0.717) is 0 Å². The van der Waals surface area contributed by atoms with Gasteiger partial charge in [0.05, 0.1) is 0 Å². The zero-order valence-electron chi connectivity index (χ0n) is 15.9. The molecule has 0 aromatic carbocycles. The minimum Gasteiger partial charge on any atom is -0.677 e. The standard InChI is InChI=1S/C7H14N2O.C7H10N2O.Cu.2HNO3/c2*1-9(10)6-7-4-2-3-5-8-7;;2*2-1(3)4/h6-7,10H,2-5H2,1H3;2-7,10H,1H3;;2*(H,2,3,4)/q;;+2;;. The van der Waals surface area contributed by atoms with Crippen molar-refractivity contribution in [1.82, 2.24) is 0 Å². The van der Waals surface area contributed by atoms with E-state index in [-0.39, 0.29) is 29.2 Å². The van der Waals surface area contributed by atoms with Crippen LogP contribution in [0.15, 0.2) is 24.4 Å². The van der Waals surface area contributed by atoms with Crippen molar-refractivity contribution in [1.29, 1.82) is 0 Å². The molecule has 169 valence electrons. The third-order valence-corrected chi connectivity index (χ3v) is 2.79. The van der Waals surface area contributed by atoms with Crippen LogP contribution in [0.3, 0.4) is 0 Å². The molecule has 0 bridgehead atoms. The zero-order chi connectivity index (χ0) is 21.9. The Labute approximate surface area is 177 Å². The summed E-state index contributed by atoms with van der Waals surface area (Å²) in [5.74, 6) is 0. The van der Waals surface area contributed by atoms with Crippen molar-refractivity contribution in [2.75, 3.05) is 20.6 Å². The largest absolute Gasteiger partial charge is 2.00 e. The van der Waals surface area contributed by atoms with Crippen molar-refractivity contribution < 1.29 is 57.5 Å². The molecule has 2 heterocycles. The molecule has 1 fully saturated rings. The van der Waals surface area contributed by atoms with E-state index in [9.17, 15) is 0 Å². The maximum absolute atomic E-state index is 8.82. The predicted octanol–water partition coefficient (Wildman–Crippen LogP) is 1.23. The summed E-state index contributed by atoms with van der Waals surface area (Å²) in [7, 11) is 3.17. The summed E-state index contributed by atoms with van der Waals surface area (Å²) in [6.45, 7) is 0.953. The summed E-state index contributed by atoms with van der Waals surface area (Å²) in [6, 6.07) is 0.240. The second-order valence-corrected chi connectivity index (χ2v) is 5.26. The Kier molecular flexibility index (Phi) is 21.1. The third-order valence-electron chi connectivity index (χ3n) is 2.79. The molecule has 0 amide bonds. The van der Waals surface area contributed by atoms with Gasteiger partial charge in [0.1, 0.15) is 0 Å². The van der Waals surface area contributed by atoms with Gasteiger partial charge in [-0.25, -0.2) is 0 Å². The van der Waals surface area contributed by atoms with Crippen LogP contribution in [0.2, 0.25) is 0 Å². The average Bonchev–Trinajstić information content (AvgIpc) is 2.55. The van der Waals surface area contributed by atoms with Gasteiger partial charge in [-0.3, -0.25) is 10.4 Å². The van der Waals surface area contributed by atoms with Gasteiger partial charge in [-0.2, -0.15) is 6.20 Å². The van der Waals surface area contributed by atoms with Gasteiger partial charge in [-0.1, -0.05) is 43.5 Å². The Balaban J connectivity index is -0.000000336. The Hall–Kier alpha value is -2.90. The van der Waals surface area contributed by atoms with Gasteiger partial charge in [0.2, 0.25) is 0 Å². The molecule has 4 N–H and O–H groups in total. The maximum Gasteiger partial charge on any atom is 2.00 e. The van der Waals surface area contributed by atoms with E-state index < -0.39 is 10.2 Å². The molecule has 1 saturated heterocycles. The Morgan fingerprint density at radius 3 is 1.83 bits per heavy atom. The normalized spacial score (nSPS) is 19.9. The van der Waals surface area contributed by atoms with E-state index in [1.54, 1.807) is 32.7 Å². The van der Waals surface area contributed by atoms with Crippen LogP contribution in [0.4, 0.5) is 0 Å². The van der Waals surface area contributed by atoms with E-state index >= 15 is 0 Å². The smallest absolute Gasteiger partial charge is 0.677 e. The first-order chi connectivity index (χ1) is 13.0. The summed E-state index contributed by atoms with van der Waals surface area (Å²) >= 11 is 0. The molecule has 0 spiro atoms. The minimum atomic E-state index is -1.50. The average molecular weight is 470 g/mol. The number of hydrogen-bond acceptors (Lipinski definition) is 6. The quantitative estimate of drug-likeness (QED) is 0.115. The molecular formula is C14H26CuN6O8+2. The van der Waals surface area contributed by atoms with E-state index in [1.165, 1.54) is 12.8 Å². The molecule has 2 aliphatic rings. The molecule has 2 unspecified atom stereocenters. The number of nitrogens with zero attached hydrogens (tertiary/aromatic N) is 6. The Morgan fingerprint density at radius 2 is 1.48 bits per heavy atom. The van der Waals surface area contributed by atoms with Crippen LogP contribution in [0, 0.1) is 20.2 Å². The number of hydroxylamine groups is 2. The molecule has 0 aromatic rings. The second kappa shape index (κ2) is 19.8. The van der Waals surface area contributed by atoms with Crippen LogP contribution >= 0.6 is 0 Å². The first-order valence-corrected chi connectivity index (χ1v) is 7.94. The molecular weight excluding hydrogens is 444 g/mol. The SMILES string of the molecule is C[N+](O)=CC1C=CC=C[N-]1.C[N+](O)=CC1CCCC[N-]1.O=[N+]([O-])O.O=[N+]([O-])O.[Cu+2]. The first-order valence-electron chi connectivity index (χ1n) is 7.94. The Bertz CT molecular complexity index is 550. The fraction of sp³-hybridized carbons (Fsp3) is 0.571. The third kappa shape index (κ3) is 30.1. The van der Waals surface area contributed by atoms with Gasteiger partial charge in [0.15, 0.2) is 26.5 Å². The number of hydrogen-bond donors (Lipinski definition) is 4. The second-order valence-electron chi connectivity index (χ2n) is 5.26.